The fourth-order valence-electron chi connectivity index (χ4n) is 0.454. The van der Waals surface area contributed by atoms with Crippen molar-refractivity contribution in [2.45, 2.75) is 6.92 Å². The summed E-state index contributed by atoms with van der Waals surface area (Å²) in [7, 11) is 1.18. The van der Waals surface area contributed by atoms with Gasteiger partial charge in [-0.15, -0.1) is 0 Å². The van der Waals surface area contributed by atoms with Crippen LogP contribution in [0.3, 0.4) is 0 Å². The minimum Gasteiger partial charge on any atom is -0.478 e. The second kappa shape index (κ2) is 9.58. The average molecular weight is 260 g/mol. The summed E-state index contributed by atoms with van der Waals surface area (Å²) in [5.41, 5.74) is -0.178. The highest BCUT2D eigenvalue weighted by atomic mass is 16.5. The van der Waals surface area contributed by atoms with Gasteiger partial charge < -0.3 is 20.1 Å². The number of methoxy groups -OCH3 is 1. The van der Waals surface area contributed by atoms with Crippen LogP contribution in [-0.4, -0.2) is 46.3 Å². The van der Waals surface area contributed by atoms with E-state index in [9.17, 15) is 19.2 Å². The van der Waals surface area contributed by atoms with Crippen molar-refractivity contribution in [2.75, 3.05) is 7.11 Å². The molecule has 0 radical (unpaired) electrons. The lowest BCUT2D eigenvalue weighted by molar-refractivity contribution is -0.136. The molecule has 0 unspecified atom stereocenters. The third-order valence-electron chi connectivity index (χ3n) is 1.24. The molecular formula is C10H12O8. The summed E-state index contributed by atoms with van der Waals surface area (Å²) in [6.07, 6.45) is 2.19. The first-order valence-electron chi connectivity index (χ1n) is 4.34. The van der Waals surface area contributed by atoms with Crippen LogP contribution >= 0.6 is 0 Å². The Labute approximate surface area is 102 Å². The van der Waals surface area contributed by atoms with Gasteiger partial charge in [0.05, 0.1) is 7.11 Å². The van der Waals surface area contributed by atoms with Gasteiger partial charge >= 0.3 is 23.9 Å². The van der Waals surface area contributed by atoms with Gasteiger partial charge in [0.1, 0.15) is 0 Å². The van der Waals surface area contributed by atoms with E-state index in [1.54, 1.807) is 0 Å². The predicted molar refractivity (Wildman–Crippen MR) is 57.8 cm³/mol. The maximum absolute atomic E-state index is 10.1. The molecular weight excluding hydrogens is 248 g/mol. The quantitative estimate of drug-likeness (QED) is 0.470. The molecule has 0 amide bonds. The molecule has 0 aliphatic heterocycles. The third kappa shape index (κ3) is 13.4. The Morgan fingerprint density at radius 1 is 0.944 bits per heavy atom. The molecule has 0 saturated carbocycles. The second-order valence-electron chi connectivity index (χ2n) is 2.67. The monoisotopic (exact) mass is 260 g/mol. The molecule has 0 aliphatic carbocycles. The lowest BCUT2D eigenvalue weighted by Gasteiger charge is -1.86. The van der Waals surface area contributed by atoms with E-state index < -0.39 is 23.9 Å². The molecule has 3 N–H and O–H groups in total. The molecule has 18 heavy (non-hydrogen) atoms. The van der Waals surface area contributed by atoms with Gasteiger partial charge in [0.25, 0.3) is 0 Å². The standard InChI is InChI=1S/2C5H6O4/c1-9-5(8)3-2-4(6)7;1-3(5(8)9)2-4(6)7/h2-3H,1H3,(H,6,7);2H,1H3,(H,6,7)(H,8,9)/b2*3-2-. The molecule has 0 aliphatic rings. The Morgan fingerprint density at radius 2 is 1.44 bits per heavy atom. The zero-order valence-electron chi connectivity index (χ0n) is 9.61. The minimum atomic E-state index is -1.24. The largest absolute Gasteiger partial charge is 0.478 e. The van der Waals surface area contributed by atoms with E-state index in [-0.39, 0.29) is 5.57 Å². The van der Waals surface area contributed by atoms with Crippen LogP contribution in [0.2, 0.25) is 0 Å². The van der Waals surface area contributed by atoms with Gasteiger partial charge in [-0.25, -0.2) is 19.2 Å². The molecule has 8 heteroatoms. The zero-order valence-corrected chi connectivity index (χ0v) is 9.61. The van der Waals surface area contributed by atoms with E-state index in [2.05, 4.69) is 4.74 Å². The Hall–Kier alpha value is -2.64. The van der Waals surface area contributed by atoms with Crippen molar-refractivity contribution in [1.29, 1.82) is 0 Å². The second-order valence-corrected chi connectivity index (χ2v) is 2.67. The molecule has 0 fully saturated rings. The normalized spacial score (nSPS) is 10.2. The van der Waals surface area contributed by atoms with E-state index >= 15 is 0 Å². The Morgan fingerprint density at radius 3 is 1.67 bits per heavy atom. The van der Waals surface area contributed by atoms with Crippen molar-refractivity contribution in [1.82, 2.24) is 0 Å². The number of carboxylic acid groups (broad SMARTS) is 3. The Kier molecular flexibility index (Phi) is 9.44. The van der Waals surface area contributed by atoms with Crippen molar-refractivity contribution in [3.8, 4) is 0 Å². The molecule has 0 aromatic rings. The molecule has 0 aromatic carbocycles. The van der Waals surface area contributed by atoms with Gasteiger partial charge in [0.15, 0.2) is 0 Å². The molecule has 0 spiro atoms. The first-order chi connectivity index (χ1) is 8.20. The van der Waals surface area contributed by atoms with Gasteiger partial charge in [0.2, 0.25) is 0 Å². The molecule has 0 atom stereocenters. The molecule has 8 nitrogen and oxygen atoms in total. The number of esters is 1. The lowest BCUT2D eigenvalue weighted by atomic mass is 10.3. The zero-order chi connectivity index (χ0) is 14.7. The van der Waals surface area contributed by atoms with E-state index in [1.165, 1.54) is 14.0 Å². The number of hydrogen-bond acceptors (Lipinski definition) is 5. The van der Waals surface area contributed by atoms with E-state index in [0.717, 1.165) is 6.08 Å². The van der Waals surface area contributed by atoms with Gasteiger partial charge in [-0.3, -0.25) is 0 Å². The lowest BCUT2D eigenvalue weighted by Crippen LogP contribution is -1.99. The predicted octanol–water partition coefficient (Wildman–Crippen LogP) is -0.0979. The summed E-state index contributed by atoms with van der Waals surface area (Å²) >= 11 is 0. The number of carbonyl (C=O) groups excluding carboxylic acids is 1. The van der Waals surface area contributed by atoms with Crippen molar-refractivity contribution >= 4 is 23.9 Å². The summed E-state index contributed by atoms with van der Waals surface area (Å²) in [6.45, 7) is 1.22. The Bertz CT molecular complexity index is 389. The number of carboxylic acids is 3. The Balaban J connectivity index is 0. The first kappa shape index (κ1) is 17.7. The number of hydrogen-bond donors (Lipinski definition) is 3. The van der Waals surface area contributed by atoms with Crippen LogP contribution in [0.25, 0.3) is 0 Å². The summed E-state index contributed by atoms with van der Waals surface area (Å²) in [4.78, 5) is 39.5. The molecule has 0 saturated heterocycles. The average Bonchev–Trinajstić information content (AvgIpc) is 2.25. The first-order valence-corrected chi connectivity index (χ1v) is 4.34. The SMILES string of the molecule is C/C(=C/C(=O)O)C(=O)O.COC(=O)/C=C\C(=O)O. The van der Waals surface area contributed by atoms with Crippen LogP contribution in [-0.2, 0) is 23.9 Å². The number of carbonyl (C=O) groups is 4. The van der Waals surface area contributed by atoms with Crippen LogP contribution in [0.1, 0.15) is 6.92 Å². The van der Waals surface area contributed by atoms with Crippen molar-refractivity contribution < 1.29 is 39.2 Å². The number of ether oxygens (including phenoxy) is 1. The highest BCUT2D eigenvalue weighted by molar-refractivity contribution is 5.94. The van der Waals surface area contributed by atoms with E-state index in [1.807, 2.05) is 0 Å². The summed E-state index contributed by atoms with van der Waals surface area (Å²) in [5, 5.41) is 24.1. The summed E-state index contributed by atoms with van der Waals surface area (Å²) < 4.78 is 4.11. The van der Waals surface area contributed by atoms with Crippen LogP contribution < -0.4 is 0 Å². The number of aliphatic carboxylic acids is 3. The van der Waals surface area contributed by atoms with Crippen LogP contribution in [0.5, 0.6) is 0 Å². The smallest absolute Gasteiger partial charge is 0.331 e. The van der Waals surface area contributed by atoms with E-state index in [0.29, 0.717) is 12.2 Å². The molecule has 0 bridgehead atoms. The van der Waals surface area contributed by atoms with Crippen molar-refractivity contribution in [2.24, 2.45) is 0 Å². The fourth-order valence-corrected chi connectivity index (χ4v) is 0.454. The topological polar surface area (TPSA) is 138 Å². The van der Waals surface area contributed by atoms with Gasteiger partial charge in [-0.2, -0.15) is 0 Å². The minimum absolute atomic E-state index is 0.178. The fraction of sp³-hybridized carbons (Fsp3) is 0.200. The summed E-state index contributed by atoms with van der Waals surface area (Å²) in [5.74, 6) is -4.29. The van der Waals surface area contributed by atoms with Gasteiger partial charge in [0, 0.05) is 23.8 Å². The highest BCUT2D eigenvalue weighted by Gasteiger charge is 2.00. The maximum atomic E-state index is 10.1. The number of rotatable bonds is 4. The molecule has 0 rings (SSSR count). The highest BCUT2D eigenvalue weighted by Crippen LogP contribution is 1.89. The van der Waals surface area contributed by atoms with Crippen LogP contribution in [0.15, 0.2) is 23.8 Å². The molecule has 100 valence electrons. The summed E-state index contributed by atoms with van der Waals surface area (Å²) in [6, 6.07) is 0. The van der Waals surface area contributed by atoms with Crippen LogP contribution in [0.4, 0.5) is 0 Å². The van der Waals surface area contributed by atoms with Crippen LogP contribution in [0, 0.1) is 0 Å². The molecule has 0 heterocycles. The van der Waals surface area contributed by atoms with Crippen molar-refractivity contribution in [3.63, 3.8) is 0 Å². The molecule has 0 aromatic heterocycles. The van der Waals surface area contributed by atoms with Gasteiger partial charge in [-0.05, 0) is 6.92 Å². The van der Waals surface area contributed by atoms with E-state index in [4.69, 9.17) is 15.3 Å². The van der Waals surface area contributed by atoms with Crippen molar-refractivity contribution in [3.05, 3.63) is 23.8 Å². The third-order valence-corrected chi connectivity index (χ3v) is 1.24. The maximum Gasteiger partial charge on any atom is 0.331 e. The van der Waals surface area contributed by atoms with Gasteiger partial charge in [-0.1, -0.05) is 0 Å².